The Hall–Kier alpha value is 0.900. The maximum Gasteiger partial charge on any atom is 0.154 e. The summed E-state index contributed by atoms with van der Waals surface area (Å²) in [5.41, 5.74) is 0. The van der Waals surface area contributed by atoms with E-state index in [1.54, 1.807) is 19.9 Å². The fourth-order valence-electron chi connectivity index (χ4n) is 1.02. The number of rotatable bonds is 3. The molecule has 2 nitrogen and oxygen atoms in total. The van der Waals surface area contributed by atoms with Crippen molar-refractivity contribution in [1.82, 2.24) is 0 Å². The van der Waals surface area contributed by atoms with Crippen LogP contribution in [0.3, 0.4) is 0 Å². The van der Waals surface area contributed by atoms with E-state index in [-0.39, 0.29) is 4.83 Å². The van der Waals surface area contributed by atoms with E-state index in [9.17, 15) is 8.42 Å². The Balaban J connectivity index is 3.17. The molecule has 0 aromatic carbocycles. The molecule has 0 spiro atoms. The quantitative estimate of drug-likeness (QED) is 0.691. The smallest absolute Gasteiger partial charge is 0.154 e. The monoisotopic (exact) mass is 408 g/mol. The highest BCUT2D eigenvalue weighted by Gasteiger charge is 2.39. The van der Waals surface area contributed by atoms with Gasteiger partial charge in [-0.05, 0) is 35.8 Å². The Kier molecular flexibility index (Phi) is 4.56. The van der Waals surface area contributed by atoms with E-state index in [0.29, 0.717) is 5.02 Å². The van der Waals surface area contributed by atoms with Gasteiger partial charge >= 0.3 is 0 Å². The molecule has 1 rings (SSSR count). The maximum atomic E-state index is 11.7. The summed E-state index contributed by atoms with van der Waals surface area (Å²) in [7, 11) is -3.15. The molecular weight excluding hydrogens is 399 g/mol. The van der Waals surface area contributed by atoms with Gasteiger partial charge in [-0.25, -0.2) is 8.42 Å². The molecule has 0 saturated carbocycles. The topological polar surface area (TPSA) is 34.1 Å². The minimum atomic E-state index is -3.15. The third-order valence-corrected chi connectivity index (χ3v) is 9.41. The van der Waals surface area contributed by atoms with Gasteiger partial charge in [0.1, 0.15) is 0 Å². The Morgan fingerprint density at radius 2 is 2.00 bits per heavy atom. The van der Waals surface area contributed by atoms with Gasteiger partial charge in [-0.3, -0.25) is 0 Å². The lowest BCUT2D eigenvalue weighted by atomic mass is 10.1. The third-order valence-electron chi connectivity index (χ3n) is 2.48. The van der Waals surface area contributed by atoms with Crippen LogP contribution in [-0.2, 0) is 9.84 Å². The highest BCUT2D eigenvalue weighted by molar-refractivity contribution is 9.11. The molecule has 0 aliphatic carbocycles. The van der Waals surface area contributed by atoms with E-state index in [1.807, 2.05) is 0 Å². The number of alkyl halides is 1. The van der Waals surface area contributed by atoms with Crippen LogP contribution >= 0.6 is 54.8 Å². The van der Waals surface area contributed by atoms with Crippen LogP contribution in [0, 0.1) is 0 Å². The van der Waals surface area contributed by atoms with Gasteiger partial charge in [0.25, 0.3) is 0 Å². The second kappa shape index (κ2) is 4.88. The van der Waals surface area contributed by atoms with Crippen LogP contribution in [0.5, 0.6) is 0 Å². The first-order valence-corrected chi connectivity index (χ1v) is 9.15. The molecule has 0 aliphatic heterocycles. The van der Waals surface area contributed by atoms with Crippen LogP contribution < -0.4 is 0 Å². The zero-order valence-corrected chi connectivity index (χ0v) is 14.5. The summed E-state index contributed by atoms with van der Waals surface area (Å²) in [4.78, 5) is 0.621. The van der Waals surface area contributed by atoms with Crippen LogP contribution in [0.4, 0.5) is 0 Å². The number of hydrogen-bond acceptors (Lipinski definition) is 3. The second-order valence-electron chi connectivity index (χ2n) is 4.01. The second-order valence-corrected chi connectivity index (χ2v) is 10.3. The van der Waals surface area contributed by atoms with Crippen LogP contribution in [-0.4, -0.2) is 19.4 Å². The normalized spacial score (nSPS) is 15.1. The van der Waals surface area contributed by atoms with Crippen molar-refractivity contribution < 1.29 is 8.42 Å². The summed E-state index contributed by atoms with van der Waals surface area (Å²) < 4.78 is 23.3. The van der Waals surface area contributed by atoms with Gasteiger partial charge in [-0.15, -0.1) is 11.3 Å². The number of sulfone groups is 1. The molecule has 1 atom stereocenters. The van der Waals surface area contributed by atoms with Crippen molar-refractivity contribution in [3.63, 3.8) is 0 Å². The molecule has 0 aliphatic rings. The number of thiophene rings is 1. The van der Waals surface area contributed by atoms with Crippen molar-refractivity contribution in [2.24, 2.45) is 0 Å². The van der Waals surface area contributed by atoms with Gasteiger partial charge in [0.2, 0.25) is 0 Å². The lowest BCUT2D eigenvalue weighted by Gasteiger charge is -2.27. The van der Waals surface area contributed by atoms with E-state index >= 15 is 0 Å². The Bertz CT molecular complexity index is 474. The van der Waals surface area contributed by atoms with Crippen LogP contribution in [0.15, 0.2) is 9.85 Å². The largest absolute Gasteiger partial charge is 0.229 e. The molecule has 0 saturated heterocycles. The lowest BCUT2D eigenvalue weighted by Crippen LogP contribution is -2.34. The van der Waals surface area contributed by atoms with E-state index in [0.717, 1.165) is 8.66 Å². The molecule has 1 aromatic rings. The molecular formula is C9H11Br2ClO2S2. The molecule has 1 aromatic heterocycles. The predicted octanol–water partition coefficient (Wildman–Crippen LogP) is 4.42. The van der Waals surface area contributed by atoms with E-state index in [4.69, 9.17) is 11.6 Å². The SMILES string of the molecule is CC(C)(C(Br)c1cc(Cl)c(Br)s1)S(C)(=O)=O. The number of halogens is 3. The van der Waals surface area contributed by atoms with Crippen molar-refractivity contribution in [1.29, 1.82) is 0 Å². The highest BCUT2D eigenvalue weighted by atomic mass is 79.9. The summed E-state index contributed by atoms with van der Waals surface area (Å²) in [6.45, 7) is 3.40. The zero-order chi connectivity index (χ0) is 12.7. The van der Waals surface area contributed by atoms with Gasteiger partial charge < -0.3 is 0 Å². The molecule has 1 heterocycles. The van der Waals surface area contributed by atoms with Gasteiger partial charge in [0.15, 0.2) is 9.84 Å². The van der Waals surface area contributed by atoms with Crippen LogP contribution in [0.2, 0.25) is 5.02 Å². The standard InChI is InChI=1S/C9H11Br2ClO2S2/c1-9(2,16(3,13)14)7(10)6-4-5(12)8(11)15-6/h4,7H,1-3H3. The molecule has 92 valence electrons. The van der Waals surface area contributed by atoms with Gasteiger partial charge in [0, 0.05) is 11.1 Å². The molecule has 0 radical (unpaired) electrons. The molecule has 0 fully saturated rings. The van der Waals surface area contributed by atoms with Crippen molar-refractivity contribution in [3.05, 3.63) is 19.8 Å². The van der Waals surface area contributed by atoms with Crippen molar-refractivity contribution in [3.8, 4) is 0 Å². The number of hydrogen-bond donors (Lipinski definition) is 0. The molecule has 0 amide bonds. The average Bonchev–Trinajstić information content (AvgIpc) is 2.43. The van der Waals surface area contributed by atoms with Gasteiger partial charge in [-0.1, -0.05) is 27.5 Å². The summed E-state index contributed by atoms with van der Waals surface area (Å²) >= 11 is 14.1. The van der Waals surface area contributed by atoms with Gasteiger partial charge in [-0.2, -0.15) is 0 Å². The van der Waals surface area contributed by atoms with E-state index in [2.05, 4.69) is 31.9 Å². The van der Waals surface area contributed by atoms with E-state index < -0.39 is 14.6 Å². The summed E-state index contributed by atoms with van der Waals surface area (Å²) in [6.07, 6.45) is 1.24. The molecule has 0 bridgehead atoms. The van der Waals surface area contributed by atoms with Crippen molar-refractivity contribution in [2.75, 3.05) is 6.26 Å². The third kappa shape index (κ3) is 2.83. The fourth-order valence-corrected chi connectivity index (χ4v) is 4.94. The molecule has 0 N–H and O–H groups in total. The predicted molar refractivity (Wildman–Crippen MR) is 77.6 cm³/mol. The van der Waals surface area contributed by atoms with E-state index in [1.165, 1.54) is 17.6 Å². The minimum Gasteiger partial charge on any atom is -0.229 e. The molecule has 16 heavy (non-hydrogen) atoms. The average molecular weight is 411 g/mol. The first-order valence-electron chi connectivity index (χ1n) is 4.35. The molecule has 7 heteroatoms. The summed E-state index contributed by atoms with van der Waals surface area (Å²) in [5, 5.41) is 0.605. The first kappa shape index (κ1) is 15.0. The van der Waals surface area contributed by atoms with Crippen molar-refractivity contribution in [2.45, 2.75) is 23.4 Å². The van der Waals surface area contributed by atoms with Crippen molar-refractivity contribution >= 4 is 64.6 Å². The van der Waals surface area contributed by atoms with Crippen LogP contribution in [0.25, 0.3) is 0 Å². The minimum absolute atomic E-state index is 0.274. The fraction of sp³-hybridized carbons (Fsp3) is 0.556. The Labute approximate surface area is 122 Å². The Morgan fingerprint density at radius 1 is 1.50 bits per heavy atom. The zero-order valence-electron chi connectivity index (χ0n) is 8.92. The lowest BCUT2D eigenvalue weighted by molar-refractivity contribution is 0.550. The van der Waals surface area contributed by atoms with Gasteiger partial charge in [0.05, 0.1) is 18.4 Å². The summed E-state index contributed by atoms with van der Waals surface area (Å²) in [5.74, 6) is 0. The molecule has 1 unspecified atom stereocenters. The van der Waals surface area contributed by atoms with Crippen LogP contribution in [0.1, 0.15) is 23.6 Å². The Morgan fingerprint density at radius 3 is 2.31 bits per heavy atom. The highest BCUT2D eigenvalue weighted by Crippen LogP contribution is 2.45. The maximum absolute atomic E-state index is 11.7. The first-order chi connectivity index (χ1) is 7.07. The summed E-state index contributed by atoms with van der Waals surface area (Å²) in [6, 6.07) is 1.78.